The summed E-state index contributed by atoms with van der Waals surface area (Å²) in [7, 11) is 1.79. The van der Waals surface area contributed by atoms with Gasteiger partial charge in [-0.1, -0.05) is 35.3 Å². The number of fused-ring (bicyclic) bond motifs is 1. The fourth-order valence-electron chi connectivity index (χ4n) is 2.49. The van der Waals surface area contributed by atoms with Crippen LogP contribution in [0.3, 0.4) is 0 Å². The van der Waals surface area contributed by atoms with Crippen LogP contribution in [0.4, 0.5) is 5.69 Å². The van der Waals surface area contributed by atoms with Gasteiger partial charge in [-0.25, -0.2) is 5.01 Å². The van der Waals surface area contributed by atoms with Crippen LogP contribution in [0, 0.1) is 5.21 Å². The zero-order valence-corrected chi connectivity index (χ0v) is 12.9. The molecule has 21 heavy (non-hydrogen) atoms. The van der Waals surface area contributed by atoms with E-state index in [2.05, 4.69) is 0 Å². The molecule has 1 aliphatic rings. The first-order chi connectivity index (χ1) is 10.1. The number of hydroxylamine groups is 1. The standard InChI is InChI=1S/C16H14Cl2N2O/c1-19-16-7-6-13(18)10-15(16)14(8-9-20(19)21)11-2-4-12(17)5-3-11/h2-8,10,20H,9H2,1H3. The molecule has 108 valence electrons. The predicted molar refractivity (Wildman–Crippen MR) is 87.6 cm³/mol. The van der Waals surface area contributed by atoms with Crippen LogP contribution in [0.1, 0.15) is 11.1 Å². The van der Waals surface area contributed by atoms with E-state index in [0.29, 0.717) is 16.6 Å². The number of hydrogen-bond acceptors (Lipinski definition) is 2. The van der Waals surface area contributed by atoms with Gasteiger partial charge >= 0.3 is 0 Å². The van der Waals surface area contributed by atoms with Crippen molar-refractivity contribution in [3.8, 4) is 0 Å². The highest BCUT2D eigenvalue weighted by Crippen LogP contribution is 2.33. The molecule has 1 aliphatic heterocycles. The molecule has 0 aliphatic carbocycles. The molecule has 5 heteroatoms. The summed E-state index contributed by atoms with van der Waals surface area (Å²) < 4.78 is 0. The third-order valence-corrected chi connectivity index (χ3v) is 4.11. The van der Waals surface area contributed by atoms with Gasteiger partial charge in [0.15, 0.2) is 0 Å². The van der Waals surface area contributed by atoms with Crippen LogP contribution in [-0.2, 0) is 0 Å². The lowest BCUT2D eigenvalue weighted by atomic mass is 9.96. The van der Waals surface area contributed by atoms with Crippen LogP contribution in [0.25, 0.3) is 5.57 Å². The van der Waals surface area contributed by atoms with Gasteiger partial charge in [0.05, 0.1) is 12.7 Å². The molecular weight excluding hydrogens is 307 g/mol. The summed E-state index contributed by atoms with van der Waals surface area (Å²) in [5, 5.41) is 15.2. The van der Waals surface area contributed by atoms with Gasteiger partial charge in [0.25, 0.3) is 0 Å². The lowest BCUT2D eigenvalue weighted by molar-refractivity contribution is -0.849. The number of quaternary nitrogens is 1. The molecule has 0 saturated heterocycles. The summed E-state index contributed by atoms with van der Waals surface area (Å²) in [6, 6.07) is 13.2. The average Bonchev–Trinajstić information content (AvgIpc) is 2.59. The number of nitrogens with one attached hydrogen (secondary N) is 1. The number of benzene rings is 2. The van der Waals surface area contributed by atoms with Gasteiger partial charge in [-0.05, 0) is 47.5 Å². The van der Waals surface area contributed by atoms with Crippen LogP contribution in [0.5, 0.6) is 0 Å². The molecule has 0 spiro atoms. The average molecular weight is 321 g/mol. The van der Waals surface area contributed by atoms with E-state index in [1.54, 1.807) is 18.1 Å². The second kappa shape index (κ2) is 5.70. The molecule has 1 atom stereocenters. The molecule has 0 aromatic heterocycles. The van der Waals surface area contributed by atoms with Gasteiger partial charge < -0.3 is 5.21 Å². The van der Waals surface area contributed by atoms with Crippen molar-refractivity contribution in [3.05, 3.63) is 74.9 Å². The highest BCUT2D eigenvalue weighted by molar-refractivity contribution is 6.31. The first-order valence-corrected chi connectivity index (χ1v) is 7.34. The predicted octanol–water partition coefficient (Wildman–Crippen LogP) is 3.17. The number of halogens is 2. The number of anilines is 1. The van der Waals surface area contributed by atoms with E-state index in [0.717, 1.165) is 22.4 Å². The third kappa shape index (κ3) is 2.78. The van der Waals surface area contributed by atoms with Crippen LogP contribution in [-0.4, -0.2) is 13.6 Å². The highest BCUT2D eigenvalue weighted by Gasteiger charge is 2.20. The van der Waals surface area contributed by atoms with Crippen molar-refractivity contribution in [2.45, 2.75) is 0 Å². The van der Waals surface area contributed by atoms with Gasteiger partial charge in [0, 0.05) is 15.6 Å². The molecule has 2 aromatic carbocycles. The molecule has 1 unspecified atom stereocenters. The Kier molecular flexibility index (Phi) is 3.91. The molecule has 1 heterocycles. The lowest BCUT2D eigenvalue weighted by Crippen LogP contribution is -3.14. The second-order valence-electron chi connectivity index (χ2n) is 4.94. The summed E-state index contributed by atoms with van der Waals surface area (Å²) in [4.78, 5) is 0. The Balaban J connectivity index is 2.18. The van der Waals surface area contributed by atoms with E-state index in [1.807, 2.05) is 42.5 Å². The Bertz CT molecular complexity index is 698. The molecule has 3 nitrogen and oxygen atoms in total. The Hall–Kier alpha value is -1.52. The van der Waals surface area contributed by atoms with Crippen molar-refractivity contribution in [2.24, 2.45) is 0 Å². The maximum Gasteiger partial charge on any atom is 0.119 e. The molecule has 0 fully saturated rings. The quantitative estimate of drug-likeness (QED) is 0.818. The minimum absolute atomic E-state index is 0.0579. The maximum absolute atomic E-state index is 12.1. The summed E-state index contributed by atoms with van der Waals surface area (Å²) in [5.41, 5.74) is 3.84. The van der Waals surface area contributed by atoms with Gasteiger partial charge in [-0.3, -0.25) is 5.17 Å². The zero-order chi connectivity index (χ0) is 15.0. The molecule has 0 saturated carbocycles. The fourth-order valence-corrected chi connectivity index (χ4v) is 2.79. The fraction of sp³-hybridized carbons (Fsp3) is 0.125. The third-order valence-electron chi connectivity index (χ3n) is 3.62. The van der Waals surface area contributed by atoms with Crippen LogP contribution < -0.4 is 10.2 Å². The van der Waals surface area contributed by atoms with Gasteiger partial charge in [0.1, 0.15) is 6.54 Å². The summed E-state index contributed by atoms with van der Waals surface area (Å²) in [5.74, 6) is 0. The monoisotopic (exact) mass is 320 g/mol. The van der Waals surface area contributed by atoms with E-state index in [9.17, 15) is 5.21 Å². The Labute approximate surface area is 133 Å². The van der Waals surface area contributed by atoms with Crippen LogP contribution >= 0.6 is 23.2 Å². The molecule has 0 radical (unpaired) electrons. The summed E-state index contributed by atoms with van der Waals surface area (Å²) >= 11 is 12.1. The minimum Gasteiger partial charge on any atom is -0.607 e. The van der Waals surface area contributed by atoms with Crippen molar-refractivity contribution < 1.29 is 5.17 Å². The molecule has 0 amide bonds. The molecular formula is C16H14Cl2N2O. The van der Waals surface area contributed by atoms with Crippen LogP contribution in [0.2, 0.25) is 10.0 Å². The Morgan fingerprint density at radius 1 is 1.05 bits per heavy atom. The zero-order valence-electron chi connectivity index (χ0n) is 11.4. The topological polar surface area (TPSA) is 30.7 Å². The van der Waals surface area contributed by atoms with E-state index in [4.69, 9.17) is 23.2 Å². The number of nitrogens with zero attached hydrogens (tertiary/aromatic N) is 1. The number of rotatable bonds is 1. The van der Waals surface area contributed by atoms with E-state index >= 15 is 0 Å². The maximum atomic E-state index is 12.1. The largest absolute Gasteiger partial charge is 0.607 e. The van der Waals surface area contributed by atoms with Crippen molar-refractivity contribution in [3.63, 3.8) is 0 Å². The van der Waals surface area contributed by atoms with Crippen molar-refractivity contribution in [1.29, 1.82) is 0 Å². The van der Waals surface area contributed by atoms with Gasteiger partial charge in [-0.15, -0.1) is 0 Å². The van der Waals surface area contributed by atoms with Gasteiger partial charge in [0.2, 0.25) is 0 Å². The molecule has 3 rings (SSSR count). The van der Waals surface area contributed by atoms with Crippen LogP contribution in [0.15, 0.2) is 48.5 Å². The Morgan fingerprint density at radius 3 is 2.43 bits per heavy atom. The van der Waals surface area contributed by atoms with Crippen molar-refractivity contribution in [1.82, 2.24) is 0 Å². The Morgan fingerprint density at radius 2 is 1.71 bits per heavy atom. The van der Waals surface area contributed by atoms with Gasteiger partial charge in [-0.2, -0.15) is 0 Å². The highest BCUT2D eigenvalue weighted by atomic mass is 35.5. The summed E-state index contributed by atoms with van der Waals surface area (Å²) in [6.07, 6.45) is 1.95. The smallest absolute Gasteiger partial charge is 0.119 e. The normalized spacial score (nSPS) is 18.0. The van der Waals surface area contributed by atoms with E-state index < -0.39 is 0 Å². The van der Waals surface area contributed by atoms with E-state index in [-0.39, 0.29) is 5.17 Å². The molecule has 2 aromatic rings. The molecule has 0 bridgehead atoms. The second-order valence-corrected chi connectivity index (χ2v) is 5.82. The lowest BCUT2D eigenvalue weighted by Gasteiger charge is -2.31. The minimum atomic E-state index is 0.0579. The van der Waals surface area contributed by atoms with Crippen molar-refractivity contribution >= 4 is 34.5 Å². The first-order valence-electron chi connectivity index (χ1n) is 6.59. The molecule has 1 N–H and O–H groups in total. The first kappa shape index (κ1) is 14.4. The number of hydrogen-bond donors (Lipinski definition) is 1. The van der Waals surface area contributed by atoms with E-state index in [1.165, 1.54) is 0 Å². The SMILES string of the molecule is CN1c2ccc(Cl)cc2C(c2ccc(Cl)cc2)=CC[NH+]1[O-]. The van der Waals surface area contributed by atoms with Crippen molar-refractivity contribution in [2.75, 3.05) is 18.6 Å². The summed E-state index contributed by atoms with van der Waals surface area (Å²) in [6.45, 7) is 0.362.